The Morgan fingerprint density at radius 3 is 1.65 bits per heavy atom. The van der Waals surface area contributed by atoms with Crippen LogP contribution in [-0.2, 0) is 4.43 Å². The molecule has 0 aliphatic heterocycles. The van der Waals surface area contributed by atoms with E-state index in [9.17, 15) is 0 Å². The zero-order valence-electron chi connectivity index (χ0n) is 32.6. The monoisotopic (exact) mass is 880 g/mol. The van der Waals surface area contributed by atoms with Crippen LogP contribution >= 0.6 is 22.6 Å². The fourth-order valence-electron chi connectivity index (χ4n) is 9.06. The number of para-hydroxylation sites is 1. The van der Waals surface area contributed by atoms with E-state index in [4.69, 9.17) is 15.7 Å². The Kier molecular flexibility index (Phi) is 8.97. The second-order valence-corrected chi connectivity index (χ2v) is 15.9. The van der Waals surface area contributed by atoms with Crippen molar-refractivity contribution in [3.63, 3.8) is 0 Å². The van der Waals surface area contributed by atoms with Crippen molar-refractivity contribution in [1.82, 2.24) is 14.5 Å². The van der Waals surface area contributed by atoms with Gasteiger partial charge in [-0.25, -0.2) is 9.97 Å². The molecule has 2 N–H and O–H groups in total. The molecule has 5 heteroatoms. The molecule has 4 nitrogen and oxygen atoms in total. The van der Waals surface area contributed by atoms with E-state index in [0.717, 1.165) is 44.1 Å². The molecule has 0 radical (unpaired) electrons. The molecule has 0 amide bonds. The molecule has 11 rings (SSSR count). The van der Waals surface area contributed by atoms with Crippen molar-refractivity contribution in [2.24, 2.45) is 5.73 Å². The van der Waals surface area contributed by atoms with Crippen molar-refractivity contribution in [1.29, 1.82) is 0 Å². The molecule has 11 aromatic rings. The van der Waals surface area contributed by atoms with E-state index in [1.807, 2.05) is 18.2 Å². The summed E-state index contributed by atoms with van der Waals surface area (Å²) in [6, 6.07) is 67.5. The predicted molar refractivity (Wildman–Crippen MR) is 262 cm³/mol. The van der Waals surface area contributed by atoms with E-state index in [1.54, 1.807) is 6.20 Å². The van der Waals surface area contributed by atoms with Crippen LogP contribution in [0.25, 0.3) is 111 Å². The van der Waals surface area contributed by atoms with Gasteiger partial charge in [0.1, 0.15) is 5.82 Å². The van der Waals surface area contributed by atoms with Crippen LogP contribution in [-0.4, -0.2) is 14.5 Å². The summed E-state index contributed by atoms with van der Waals surface area (Å²) < 4.78 is 3.05. The largest absolute Gasteiger partial charge is 0.405 e. The Labute approximate surface area is 361 Å². The highest BCUT2D eigenvalue weighted by molar-refractivity contribution is 14.1. The van der Waals surface area contributed by atoms with Gasteiger partial charge in [0.25, 0.3) is 0 Å². The number of nitrogens with two attached hydrogens (primary N) is 1. The quantitative estimate of drug-likeness (QED) is 0.0986. The second kappa shape index (κ2) is 14.9. The molecule has 0 fully saturated rings. The number of hydrogen-bond acceptors (Lipinski definition) is 3. The van der Waals surface area contributed by atoms with E-state index in [-0.39, 0.29) is 0 Å². The minimum absolute atomic E-state index is 0.799. The van der Waals surface area contributed by atoms with Gasteiger partial charge in [-0.1, -0.05) is 162 Å². The van der Waals surface area contributed by atoms with Crippen LogP contribution in [0.1, 0.15) is 11.3 Å². The molecule has 3 heterocycles. The summed E-state index contributed by atoms with van der Waals surface area (Å²) in [6.45, 7) is 0. The lowest BCUT2D eigenvalue weighted by Crippen LogP contribution is -2.02. The van der Waals surface area contributed by atoms with Crippen molar-refractivity contribution in [2.75, 3.05) is 0 Å². The average Bonchev–Trinajstić information content (AvgIpc) is 3.63. The van der Waals surface area contributed by atoms with Gasteiger partial charge in [0.05, 0.1) is 28.3 Å². The highest BCUT2D eigenvalue weighted by Crippen LogP contribution is 2.46. The first-order chi connectivity index (χ1) is 29.7. The highest BCUT2D eigenvalue weighted by atomic mass is 127. The molecule has 0 atom stereocenters. The number of fused-ring (bicyclic) bond motifs is 5. The third-order valence-corrected chi connectivity index (χ3v) is 12.5. The molecule has 0 saturated carbocycles. The minimum Gasteiger partial charge on any atom is -0.405 e. The van der Waals surface area contributed by atoms with Gasteiger partial charge in [-0.2, -0.15) is 0 Å². The molecule has 8 aromatic carbocycles. The summed E-state index contributed by atoms with van der Waals surface area (Å²) in [7, 11) is 0. The molecule has 0 spiro atoms. The van der Waals surface area contributed by atoms with Gasteiger partial charge in [-0.3, -0.25) is 4.57 Å². The average molecular weight is 881 g/mol. The highest BCUT2D eigenvalue weighted by Gasteiger charge is 2.20. The summed E-state index contributed by atoms with van der Waals surface area (Å²) in [4.78, 5) is 10.6. The summed E-state index contributed by atoms with van der Waals surface area (Å²) >= 11 is 2.43. The minimum atomic E-state index is 0.799. The first-order valence-corrected chi connectivity index (χ1v) is 21.7. The molecular formula is C55H37IN4. The SMILES string of the molecule is N/C=C\c1c(CI)c2ccccc2n1-c1cccc(-c2cccc(-c3ccc4c(-c5ccc6ccccc6c5)c5ccccc5c(-c5ccc6ccccc6c5)c4c3)n2)n1. The second-order valence-electron chi connectivity index (χ2n) is 15.2. The Balaban J connectivity index is 1.11. The Hall–Kier alpha value is -7.09. The maximum atomic E-state index is 6.00. The third kappa shape index (κ3) is 6.04. The Bertz CT molecular complexity index is 3510. The molecule has 0 aliphatic rings. The summed E-state index contributed by atoms with van der Waals surface area (Å²) in [5.41, 5.74) is 17.7. The maximum Gasteiger partial charge on any atom is 0.138 e. The predicted octanol–water partition coefficient (Wildman–Crippen LogP) is 14.6. The first kappa shape index (κ1) is 36.0. The van der Waals surface area contributed by atoms with Crippen LogP contribution in [0.5, 0.6) is 0 Å². The van der Waals surface area contributed by atoms with Crippen LogP contribution < -0.4 is 5.73 Å². The number of hydrogen-bond donors (Lipinski definition) is 1. The summed E-state index contributed by atoms with van der Waals surface area (Å²) in [5, 5.41) is 10.9. The van der Waals surface area contributed by atoms with Gasteiger partial charge in [-0.15, -0.1) is 0 Å². The topological polar surface area (TPSA) is 56.7 Å². The van der Waals surface area contributed by atoms with Gasteiger partial charge in [0.2, 0.25) is 0 Å². The zero-order valence-corrected chi connectivity index (χ0v) is 34.7. The number of benzene rings is 8. The lowest BCUT2D eigenvalue weighted by atomic mass is 9.84. The van der Waals surface area contributed by atoms with Crippen LogP contribution in [0.3, 0.4) is 0 Å². The number of alkyl halides is 1. The van der Waals surface area contributed by atoms with Gasteiger partial charge >= 0.3 is 0 Å². The van der Waals surface area contributed by atoms with E-state index in [2.05, 4.69) is 203 Å². The van der Waals surface area contributed by atoms with Crippen molar-refractivity contribution >= 4 is 82.7 Å². The molecular weight excluding hydrogens is 844 g/mol. The number of nitrogens with zero attached hydrogens (tertiary/aromatic N) is 3. The molecule has 3 aromatic heterocycles. The zero-order chi connectivity index (χ0) is 40.2. The number of pyridine rings is 2. The van der Waals surface area contributed by atoms with Crippen molar-refractivity contribution in [3.05, 3.63) is 206 Å². The van der Waals surface area contributed by atoms with Crippen molar-refractivity contribution < 1.29 is 0 Å². The number of rotatable bonds is 7. The van der Waals surface area contributed by atoms with Crippen LogP contribution in [0.15, 0.2) is 194 Å². The number of aromatic nitrogens is 3. The smallest absolute Gasteiger partial charge is 0.138 e. The van der Waals surface area contributed by atoms with Gasteiger partial charge in [-0.05, 0) is 132 Å². The fourth-order valence-corrected chi connectivity index (χ4v) is 9.86. The molecule has 0 bridgehead atoms. The molecule has 0 unspecified atom stereocenters. The molecule has 0 saturated heterocycles. The van der Waals surface area contributed by atoms with E-state index in [1.165, 1.54) is 76.3 Å². The van der Waals surface area contributed by atoms with Crippen LogP contribution in [0, 0.1) is 0 Å². The lowest BCUT2D eigenvalue weighted by molar-refractivity contribution is 1.02. The lowest BCUT2D eigenvalue weighted by Gasteiger charge is -2.19. The standard InChI is InChI=1S/C55H37IN4/c56-34-47-42-15-7-8-21-51(42)60(52(47)29-30-57)53-22-10-20-50(59-53)49-19-9-18-48(58-49)39-27-28-45-46(33-39)55(41-26-24-36-12-2-4-14-38(36)32-41)44-17-6-5-16-43(44)54(45)40-25-23-35-11-1-3-13-37(35)31-40/h1-33H,34,57H2/b30-29-. The van der Waals surface area contributed by atoms with Gasteiger partial charge in [0.15, 0.2) is 0 Å². The van der Waals surface area contributed by atoms with Crippen molar-refractivity contribution in [3.8, 4) is 50.7 Å². The normalized spacial score (nSPS) is 11.8. The summed E-state index contributed by atoms with van der Waals surface area (Å²) in [5.74, 6) is 0.818. The fraction of sp³-hybridized carbons (Fsp3) is 0.0182. The number of halogens is 1. The summed E-state index contributed by atoms with van der Waals surface area (Å²) in [6.07, 6.45) is 3.58. The van der Waals surface area contributed by atoms with Gasteiger partial charge in [0, 0.05) is 15.4 Å². The Morgan fingerprint density at radius 2 is 0.983 bits per heavy atom. The molecule has 60 heavy (non-hydrogen) atoms. The van der Waals surface area contributed by atoms with Crippen molar-refractivity contribution in [2.45, 2.75) is 4.43 Å². The Morgan fingerprint density at radius 1 is 0.450 bits per heavy atom. The third-order valence-electron chi connectivity index (χ3n) is 11.8. The van der Waals surface area contributed by atoms with E-state index >= 15 is 0 Å². The van der Waals surface area contributed by atoms with Crippen LogP contribution in [0.4, 0.5) is 0 Å². The molecule has 284 valence electrons. The maximum absolute atomic E-state index is 6.00. The van der Waals surface area contributed by atoms with Crippen LogP contribution in [0.2, 0.25) is 0 Å². The van der Waals surface area contributed by atoms with E-state index in [0.29, 0.717) is 0 Å². The van der Waals surface area contributed by atoms with E-state index < -0.39 is 0 Å². The molecule has 0 aliphatic carbocycles. The van der Waals surface area contributed by atoms with Gasteiger partial charge < -0.3 is 5.73 Å². The first-order valence-electron chi connectivity index (χ1n) is 20.2.